The number of carbonyl (C=O) groups is 5. The van der Waals surface area contributed by atoms with Crippen LogP contribution in [0.1, 0.15) is 119 Å². The molecule has 0 aromatic carbocycles. The van der Waals surface area contributed by atoms with E-state index in [9.17, 15) is 24.0 Å². The number of unbranched alkanes of at least 4 members (excludes halogenated alkanes) is 3. The number of fused-ring (bicyclic) bond motifs is 1. The molecule has 2 saturated heterocycles. The van der Waals surface area contributed by atoms with Crippen LogP contribution in [0.25, 0.3) is 0 Å². The van der Waals surface area contributed by atoms with Crippen LogP contribution in [0.3, 0.4) is 0 Å². The largest absolute Gasteiger partial charge is 0.458 e. The summed E-state index contributed by atoms with van der Waals surface area (Å²) in [6.45, 7) is 14.5. The van der Waals surface area contributed by atoms with Crippen LogP contribution in [0, 0.1) is 5.41 Å². The van der Waals surface area contributed by atoms with Crippen molar-refractivity contribution in [2.24, 2.45) is 5.73 Å². The van der Waals surface area contributed by atoms with E-state index in [1.807, 2.05) is 37.4 Å². The second-order valence-electron chi connectivity index (χ2n) is 15.8. The molecule has 0 unspecified atom stereocenters. The lowest BCUT2D eigenvalue weighted by molar-refractivity contribution is -0.159. The molecule has 292 valence electrons. The quantitative estimate of drug-likeness (QED) is 0.0339. The Morgan fingerprint density at radius 3 is 2.45 bits per heavy atom. The SMILES string of the molecule is CC(C)(C)OC(=O)[C@H](CCC(=O)C=N)NC(=O)[C@@H](N)CCCCNC(=O)CC(C)(C)OCCC(C)(C)SCCCCC[C@@H]1SC[C@@H]2NC(=O)N[C@@H]21. The number of thioether (sulfide) groups is 2. The minimum atomic E-state index is -1.05. The maximum Gasteiger partial charge on any atom is 0.329 e. The molecule has 0 radical (unpaired) electrons. The van der Waals surface area contributed by atoms with Gasteiger partial charge in [0.1, 0.15) is 11.6 Å². The van der Waals surface area contributed by atoms with Crippen molar-refractivity contribution in [3.8, 4) is 0 Å². The molecule has 0 spiro atoms. The topological polar surface area (TPSA) is 202 Å². The predicted molar refractivity (Wildman–Crippen MR) is 205 cm³/mol. The molecule has 51 heavy (non-hydrogen) atoms. The average molecular weight is 757 g/mol. The van der Waals surface area contributed by atoms with E-state index in [2.05, 4.69) is 35.1 Å². The summed E-state index contributed by atoms with van der Waals surface area (Å²) in [6.07, 6.45) is 7.96. The zero-order valence-corrected chi connectivity index (χ0v) is 33.5. The van der Waals surface area contributed by atoms with Gasteiger partial charge in [-0.15, -0.1) is 0 Å². The second-order valence-corrected chi connectivity index (χ2v) is 18.9. The van der Waals surface area contributed by atoms with Gasteiger partial charge < -0.3 is 41.9 Å². The molecule has 7 N–H and O–H groups in total. The number of hydrogen-bond acceptors (Lipinski definition) is 11. The minimum absolute atomic E-state index is 0.00843. The molecule has 0 bridgehead atoms. The molecule has 0 saturated carbocycles. The summed E-state index contributed by atoms with van der Waals surface area (Å²) in [7, 11) is 0. The minimum Gasteiger partial charge on any atom is -0.458 e. The van der Waals surface area contributed by atoms with Crippen molar-refractivity contribution in [2.75, 3.05) is 24.7 Å². The Bertz CT molecular complexity index is 1180. The summed E-state index contributed by atoms with van der Waals surface area (Å²) in [5, 5.41) is 19.2. The molecular weight excluding hydrogens is 693 g/mol. The molecule has 0 aromatic rings. The van der Waals surface area contributed by atoms with Crippen LogP contribution in [0.4, 0.5) is 4.79 Å². The van der Waals surface area contributed by atoms with Gasteiger partial charge >= 0.3 is 12.0 Å². The highest BCUT2D eigenvalue weighted by Crippen LogP contribution is 2.34. The molecule has 2 rings (SSSR count). The van der Waals surface area contributed by atoms with E-state index in [-0.39, 0.29) is 48.0 Å². The maximum absolute atomic E-state index is 12.7. The fraction of sp³-hybridized carbons (Fsp3) is 0.833. The summed E-state index contributed by atoms with van der Waals surface area (Å²) < 4.78 is 11.6. The number of nitrogens with one attached hydrogen (secondary N) is 5. The van der Waals surface area contributed by atoms with Crippen LogP contribution in [0.5, 0.6) is 0 Å². The number of ether oxygens (including phenoxy) is 2. The molecule has 2 heterocycles. The van der Waals surface area contributed by atoms with Crippen molar-refractivity contribution in [3.63, 3.8) is 0 Å². The Morgan fingerprint density at radius 2 is 1.76 bits per heavy atom. The first-order valence-corrected chi connectivity index (χ1v) is 20.4. The number of nitrogens with two attached hydrogens (primary N) is 1. The van der Waals surface area contributed by atoms with Gasteiger partial charge in [-0.1, -0.05) is 26.7 Å². The van der Waals surface area contributed by atoms with Crippen LogP contribution in [0.2, 0.25) is 0 Å². The number of hydrogen-bond donors (Lipinski definition) is 6. The highest BCUT2D eigenvalue weighted by molar-refractivity contribution is 8.00. The fourth-order valence-corrected chi connectivity index (χ4v) is 8.54. The Balaban J connectivity index is 1.57. The number of Topliss-reactive ketones (excluding diaryl/α,β-unsaturated/α-hetero) is 1. The first kappa shape index (κ1) is 44.8. The number of esters is 1. The highest BCUT2D eigenvalue weighted by Gasteiger charge is 2.42. The van der Waals surface area contributed by atoms with Crippen LogP contribution >= 0.6 is 23.5 Å². The van der Waals surface area contributed by atoms with E-state index in [4.69, 9.17) is 20.6 Å². The third-order valence-corrected chi connectivity index (χ3v) is 11.8. The van der Waals surface area contributed by atoms with Crippen molar-refractivity contribution >= 4 is 59.3 Å². The van der Waals surface area contributed by atoms with Gasteiger partial charge in [0.15, 0.2) is 5.78 Å². The lowest BCUT2D eigenvalue weighted by atomic mass is 10.0. The van der Waals surface area contributed by atoms with Crippen LogP contribution in [0.15, 0.2) is 0 Å². The van der Waals surface area contributed by atoms with Gasteiger partial charge in [0.05, 0.1) is 36.4 Å². The standard InChI is InChI=1S/C36H64N6O7S2/c1-34(2,3)49-32(46)26(16-15-24(43)22-37)40-31(45)25(38)13-10-11-18-39-29(44)21-35(4,5)48-19-17-36(6,7)51-20-12-8-9-14-28-30-27(23-50-28)41-33(47)42-30/h22,25-28,30,37H,8-21,23,38H2,1-7H3,(H,39,44)(H,40,45)(H2,41,42,47)/t25-,26-,27-,28-,30-/m0/s1. The van der Waals surface area contributed by atoms with Gasteiger partial charge in [-0.05, 0) is 85.3 Å². The average Bonchev–Trinajstić information content (AvgIpc) is 3.57. The lowest BCUT2D eigenvalue weighted by Crippen LogP contribution is -2.50. The van der Waals surface area contributed by atoms with Gasteiger partial charge in [-0.3, -0.25) is 14.4 Å². The van der Waals surface area contributed by atoms with E-state index >= 15 is 0 Å². The van der Waals surface area contributed by atoms with E-state index in [0.29, 0.717) is 43.9 Å². The smallest absolute Gasteiger partial charge is 0.329 e. The van der Waals surface area contributed by atoms with E-state index in [1.54, 1.807) is 20.8 Å². The monoisotopic (exact) mass is 756 g/mol. The molecule has 0 aliphatic carbocycles. The fourth-order valence-electron chi connectivity index (χ4n) is 5.87. The maximum atomic E-state index is 12.7. The first-order valence-electron chi connectivity index (χ1n) is 18.4. The van der Waals surface area contributed by atoms with Gasteiger partial charge in [-0.2, -0.15) is 23.5 Å². The summed E-state index contributed by atoms with van der Waals surface area (Å²) in [4.78, 5) is 61.1. The molecule has 15 heteroatoms. The summed E-state index contributed by atoms with van der Waals surface area (Å²) in [6, 6.07) is -1.37. The van der Waals surface area contributed by atoms with Crippen molar-refractivity contribution < 1.29 is 33.4 Å². The third kappa shape index (κ3) is 18.3. The van der Waals surface area contributed by atoms with Crippen molar-refractivity contribution in [3.05, 3.63) is 0 Å². The zero-order valence-electron chi connectivity index (χ0n) is 31.8. The highest BCUT2D eigenvalue weighted by atomic mass is 32.2. The zero-order chi connectivity index (χ0) is 38.2. The Hall–Kier alpha value is -2.36. The van der Waals surface area contributed by atoms with Crippen molar-refractivity contribution in [1.82, 2.24) is 21.3 Å². The molecule has 2 fully saturated rings. The Kier molecular flexibility index (Phi) is 18.8. The number of ketones is 1. The number of rotatable bonds is 25. The third-order valence-electron chi connectivity index (χ3n) is 8.80. The Morgan fingerprint density at radius 1 is 1.04 bits per heavy atom. The summed E-state index contributed by atoms with van der Waals surface area (Å²) in [5.74, 6) is 0.359. The van der Waals surface area contributed by atoms with Crippen molar-refractivity contribution in [2.45, 2.75) is 164 Å². The van der Waals surface area contributed by atoms with Crippen LogP contribution < -0.4 is 27.0 Å². The molecular formula is C36H64N6O7S2. The van der Waals surface area contributed by atoms with Gasteiger partial charge in [0, 0.05) is 35.3 Å². The van der Waals surface area contributed by atoms with E-state index < -0.39 is 40.9 Å². The number of carbonyl (C=O) groups excluding carboxylic acids is 5. The molecule has 2 aliphatic rings. The molecule has 0 aromatic heterocycles. The number of amides is 4. The molecule has 5 atom stereocenters. The van der Waals surface area contributed by atoms with Gasteiger partial charge in [-0.25, -0.2) is 9.59 Å². The molecule has 4 amide bonds. The van der Waals surface area contributed by atoms with E-state index in [0.717, 1.165) is 24.3 Å². The van der Waals surface area contributed by atoms with E-state index in [1.165, 1.54) is 19.3 Å². The lowest BCUT2D eigenvalue weighted by Gasteiger charge is -2.29. The van der Waals surface area contributed by atoms with Crippen LogP contribution in [-0.2, 0) is 28.7 Å². The van der Waals surface area contributed by atoms with Crippen molar-refractivity contribution in [1.29, 1.82) is 5.41 Å². The van der Waals surface area contributed by atoms with Gasteiger partial charge in [0.2, 0.25) is 11.8 Å². The molecule has 2 aliphatic heterocycles. The van der Waals surface area contributed by atoms with Crippen LogP contribution in [-0.4, -0.2) is 106 Å². The Labute approximate surface area is 313 Å². The summed E-state index contributed by atoms with van der Waals surface area (Å²) in [5.41, 5.74) is 4.70. The van der Waals surface area contributed by atoms with Gasteiger partial charge in [0.25, 0.3) is 0 Å². The predicted octanol–water partition coefficient (Wildman–Crippen LogP) is 4.24. The number of urea groups is 1. The normalized spacial score (nSPS) is 20.1. The second kappa shape index (κ2) is 21.4. The summed E-state index contributed by atoms with van der Waals surface area (Å²) >= 11 is 3.94. The molecule has 13 nitrogen and oxygen atoms in total. The first-order chi connectivity index (χ1) is 23.8.